The van der Waals surface area contributed by atoms with E-state index in [-0.39, 0.29) is 43.2 Å². The smallest absolute Gasteiger partial charge is 0.238 e. The third kappa shape index (κ3) is 5.95. The molecule has 8 heteroatoms. The highest BCUT2D eigenvalue weighted by Gasteiger charge is 2.31. The lowest BCUT2D eigenvalue weighted by Gasteiger charge is -2.34. The number of carbonyl (C=O) groups excluding carboxylic acids is 1. The molecule has 0 unspecified atom stereocenters. The molecule has 3 rings (SSSR count). The fourth-order valence-electron chi connectivity index (χ4n) is 3.61. The molecular formula is C24H29FN2O4S. The molecule has 0 radical (unpaired) electrons. The summed E-state index contributed by atoms with van der Waals surface area (Å²) < 4.78 is 45.3. The molecule has 0 fully saturated rings. The van der Waals surface area contributed by atoms with Crippen LogP contribution in [0.25, 0.3) is 0 Å². The van der Waals surface area contributed by atoms with E-state index in [0.29, 0.717) is 12.2 Å². The van der Waals surface area contributed by atoms with Crippen molar-refractivity contribution in [3.63, 3.8) is 0 Å². The lowest BCUT2D eigenvalue weighted by molar-refractivity contribution is -0.133. The van der Waals surface area contributed by atoms with E-state index in [1.807, 2.05) is 37.3 Å². The van der Waals surface area contributed by atoms with Gasteiger partial charge >= 0.3 is 0 Å². The van der Waals surface area contributed by atoms with Gasteiger partial charge in [0.15, 0.2) is 0 Å². The van der Waals surface area contributed by atoms with Crippen molar-refractivity contribution in [1.29, 1.82) is 0 Å². The number of benzene rings is 2. The fraction of sp³-hybridized carbons (Fsp3) is 0.375. The summed E-state index contributed by atoms with van der Waals surface area (Å²) in [7, 11) is -1.96. The number of rotatable bonds is 8. The number of nitrogens with zero attached hydrogens (tertiary/aromatic N) is 2. The second kappa shape index (κ2) is 10.7. The molecule has 2 aromatic carbocycles. The molecule has 1 aliphatic rings. The van der Waals surface area contributed by atoms with Gasteiger partial charge in [0, 0.05) is 13.1 Å². The third-order valence-electron chi connectivity index (χ3n) is 5.47. The van der Waals surface area contributed by atoms with Crippen molar-refractivity contribution >= 4 is 15.9 Å². The van der Waals surface area contributed by atoms with Gasteiger partial charge in [-0.05, 0) is 41.8 Å². The molecule has 0 aliphatic carbocycles. The van der Waals surface area contributed by atoms with E-state index < -0.39 is 10.0 Å². The summed E-state index contributed by atoms with van der Waals surface area (Å²) in [4.78, 5) is 15.0. The van der Waals surface area contributed by atoms with Crippen LogP contribution in [-0.2, 0) is 21.4 Å². The molecule has 6 nitrogen and oxygen atoms in total. The Morgan fingerprint density at radius 1 is 1.09 bits per heavy atom. The van der Waals surface area contributed by atoms with Crippen LogP contribution in [0, 0.1) is 5.82 Å². The minimum absolute atomic E-state index is 0.0183. The van der Waals surface area contributed by atoms with Crippen LogP contribution >= 0.6 is 0 Å². The summed E-state index contributed by atoms with van der Waals surface area (Å²) in [5, 5.41) is 0. The number of hydrogen-bond donors (Lipinski definition) is 0. The third-order valence-corrected chi connectivity index (χ3v) is 7.34. The Kier molecular flexibility index (Phi) is 8.04. The number of ether oxygens (including phenoxy) is 1. The van der Waals surface area contributed by atoms with Gasteiger partial charge in [0.25, 0.3) is 0 Å². The molecule has 0 saturated carbocycles. The first-order chi connectivity index (χ1) is 15.3. The molecule has 2 aromatic rings. The van der Waals surface area contributed by atoms with Crippen molar-refractivity contribution in [2.45, 2.75) is 32.4 Å². The van der Waals surface area contributed by atoms with E-state index >= 15 is 0 Å². The van der Waals surface area contributed by atoms with E-state index in [2.05, 4.69) is 0 Å². The van der Waals surface area contributed by atoms with E-state index in [9.17, 15) is 17.6 Å². The summed E-state index contributed by atoms with van der Waals surface area (Å²) in [6, 6.07) is 13.0. The van der Waals surface area contributed by atoms with E-state index in [1.165, 1.54) is 16.4 Å². The normalized spacial score (nSPS) is 18.8. The van der Waals surface area contributed by atoms with Gasteiger partial charge in [-0.2, -0.15) is 4.31 Å². The van der Waals surface area contributed by atoms with E-state index in [0.717, 1.165) is 17.5 Å². The van der Waals surface area contributed by atoms with Crippen LogP contribution in [0.2, 0.25) is 0 Å². The van der Waals surface area contributed by atoms with Gasteiger partial charge in [-0.1, -0.05) is 49.8 Å². The van der Waals surface area contributed by atoms with E-state index in [4.69, 9.17) is 4.74 Å². The number of methoxy groups -OCH3 is 1. The second-order valence-corrected chi connectivity index (χ2v) is 9.84. The van der Waals surface area contributed by atoms with Crippen molar-refractivity contribution in [3.05, 3.63) is 77.6 Å². The van der Waals surface area contributed by atoms with Crippen LogP contribution in [0.5, 0.6) is 5.75 Å². The average Bonchev–Trinajstić information content (AvgIpc) is 2.78. The minimum Gasteiger partial charge on any atom is -0.497 e. The number of hydrogen-bond acceptors (Lipinski definition) is 4. The maximum atomic E-state index is 13.4. The molecule has 0 N–H and O–H groups in total. The maximum absolute atomic E-state index is 13.4. The predicted octanol–water partition coefficient (Wildman–Crippen LogP) is 3.91. The number of halogens is 1. The zero-order chi connectivity index (χ0) is 23.1. The van der Waals surface area contributed by atoms with Crippen LogP contribution < -0.4 is 4.74 Å². The molecule has 32 heavy (non-hydrogen) atoms. The van der Waals surface area contributed by atoms with Gasteiger partial charge in [0.2, 0.25) is 15.9 Å². The Morgan fingerprint density at radius 2 is 1.78 bits per heavy atom. The van der Waals surface area contributed by atoms with Gasteiger partial charge in [-0.3, -0.25) is 4.79 Å². The monoisotopic (exact) mass is 460 g/mol. The number of sulfonamides is 1. The Labute approximate surface area is 189 Å². The Morgan fingerprint density at radius 3 is 2.41 bits per heavy atom. The lowest BCUT2D eigenvalue weighted by Crippen LogP contribution is -2.45. The zero-order valence-electron chi connectivity index (χ0n) is 18.4. The van der Waals surface area contributed by atoms with Crippen LogP contribution in [0.15, 0.2) is 60.7 Å². The van der Waals surface area contributed by atoms with Crippen molar-refractivity contribution < 1.29 is 22.3 Å². The fourth-order valence-corrected chi connectivity index (χ4v) is 5.14. The molecule has 0 spiro atoms. The maximum Gasteiger partial charge on any atom is 0.238 e. The van der Waals surface area contributed by atoms with Gasteiger partial charge in [-0.15, -0.1) is 0 Å². The molecular weight excluding hydrogens is 431 g/mol. The Hall–Kier alpha value is -2.71. The van der Waals surface area contributed by atoms with Crippen molar-refractivity contribution in [2.75, 3.05) is 26.0 Å². The molecule has 172 valence electrons. The summed E-state index contributed by atoms with van der Waals surface area (Å²) in [5.41, 5.74) is 1.63. The summed E-state index contributed by atoms with van der Waals surface area (Å²) >= 11 is 0. The van der Waals surface area contributed by atoms with Gasteiger partial charge in [0.05, 0.1) is 25.4 Å². The first kappa shape index (κ1) is 23.9. The highest BCUT2D eigenvalue weighted by Crippen LogP contribution is 2.28. The van der Waals surface area contributed by atoms with Gasteiger partial charge in [-0.25, -0.2) is 12.8 Å². The van der Waals surface area contributed by atoms with Crippen LogP contribution in [0.3, 0.4) is 0 Å². The molecule has 1 atom stereocenters. The second-order valence-electron chi connectivity index (χ2n) is 7.76. The van der Waals surface area contributed by atoms with Crippen molar-refractivity contribution in [3.8, 4) is 5.75 Å². The average molecular weight is 461 g/mol. The zero-order valence-corrected chi connectivity index (χ0v) is 19.2. The van der Waals surface area contributed by atoms with Gasteiger partial charge in [0.1, 0.15) is 11.6 Å². The van der Waals surface area contributed by atoms with E-state index in [1.54, 1.807) is 30.2 Å². The highest BCUT2D eigenvalue weighted by molar-refractivity contribution is 7.89. The Balaban J connectivity index is 1.95. The molecule has 0 aromatic heterocycles. The van der Waals surface area contributed by atoms with Crippen LogP contribution in [0.1, 0.15) is 36.9 Å². The minimum atomic E-state index is -3.54. The van der Waals surface area contributed by atoms with Crippen molar-refractivity contribution in [2.24, 2.45) is 0 Å². The predicted molar refractivity (Wildman–Crippen MR) is 122 cm³/mol. The molecule has 1 aliphatic heterocycles. The van der Waals surface area contributed by atoms with Gasteiger partial charge < -0.3 is 9.64 Å². The quantitative estimate of drug-likeness (QED) is 0.561. The van der Waals surface area contributed by atoms with Crippen LogP contribution in [-0.4, -0.2) is 49.5 Å². The highest BCUT2D eigenvalue weighted by atomic mass is 32.2. The summed E-state index contributed by atoms with van der Waals surface area (Å²) in [5.74, 6) is 0.0603. The number of amides is 1. The largest absolute Gasteiger partial charge is 0.497 e. The lowest BCUT2D eigenvalue weighted by atomic mass is 10.0. The summed E-state index contributed by atoms with van der Waals surface area (Å²) in [6.45, 7) is 2.07. The van der Waals surface area contributed by atoms with Crippen LogP contribution in [0.4, 0.5) is 4.39 Å². The molecule has 1 heterocycles. The molecule has 0 saturated heterocycles. The first-order valence-electron chi connectivity index (χ1n) is 10.7. The SMILES string of the molecule is CCCCS(=O)(=O)N1C/C=C\[C@H](c2ccc(OC)cc2)N(Cc2ccc(F)cc2)C(=O)C1. The standard InChI is InChI=1S/C24H29FN2O4S/c1-3-4-16-32(29,30)26-15-5-6-23(20-9-13-22(31-2)14-10-20)27(24(28)18-26)17-19-7-11-21(25)12-8-19/h5-14,23H,3-4,15-18H2,1-2H3/b6-5-/t23-/m1/s1. The Bertz CT molecular complexity index is 1040. The first-order valence-corrected chi connectivity index (χ1v) is 12.3. The molecule has 0 bridgehead atoms. The number of unbranched alkanes of at least 4 members (excludes halogenated alkanes) is 1. The summed E-state index contributed by atoms with van der Waals surface area (Å²) in [6.07, 6.45) is 4.95. The molecule has 1 amide bonds. The number of carbonyl (C=O) groups is 1. The van der Waals surface area contributed by atoms with Crippen molar-refractivity contribution in [1.82, 2.24) is 9.21 Å². The topological polar surface area (TPSA) is 66.9 Å².